The number of rotatable bonds is 5. The molecule has 1 N–H and O–H groups in total. The average Bonchev–Trinajstić information content (AvgIpc) is 3.10. The molecule has 26 heavy (non-hydrogen) atoms. The molecule has 2 aromatic rings. The quantitative estimate of drug-likeness (QED) is 0.848. The van der Waals surface area contributed by atoms with Crippen LogP contribution in [-0.4, -0.2) is 45.4 Å². The summed E-state index contributed by atoms with van der Waals surface area (Å²) in [5, 5.41) is 9.27. The Kier molecular flexibility index (Phi) is 4.93. The van der Waals surface area contributed by atoms with Crippen molar-refractivity contribution >= 4 is 26.6 Å². The van der Waals surface area contributed by atoms with E-state index in [0.717, 1.165) is 0 Å². The molecule has 138 valence electrons. The Morgan fingerprint density at radius 2 is 2.23 bits per heavy atom. The van der Waals surface area contributed by atoms with Gasteiger partial charge in [-0.15, -0.1) is 0 Å². The summed E-state index contributed by atoms with van der Waals surface area (Å²) in [5.74, 6) is -0.0516. The fraction of sp³-hybridized carbons (Fsp3) is 0.375. The van der Waals surface area contributed by atoms with Gasteiger partial charge >= 0.3 is 6.61 Å². The molecule has 0 saturated carbocycles. The predicted molar refractivity (Wildman–Crippen MR) is 91.7 cm³/mol. The summed E-state index contributed by atoms with van der Waals surface area (Å²) < 4.78 is 55.9. The van der Waals surface area contributed by atoms with Crippen molar-refractivity contribution in [3.8, 4) is 11.8 Å². The van der Waals surface area contributed by atoms with Crippen LogP contribution in [-0.2, 0) is 10.0 Å². The van der Waals surface area contributed by atoms with Crippen LogP contribution >= 0.6 is 0 Å². The first-order valence-corrected chi connectivity index (χ1v) is 9.35. The van der Waals surface area contributed by atoms with E-state index in [9.17, 15) is 22.5 Å². The first kappa shape index (κ1) is 18.3. The van der Waals surface area contributed by atoms with Crippen LogP contribution in [0.15, 0.2) is 24.4 Å². The van der Waals surface area contributed by atoms with Crippen molar-refractivity contribution in [2.45, 2.75) is 18.3 Å². The van der Waals surface area contributed by atoms with Gasteiger partial charge in [-0.3, -0.25) is 4.98 Å². The number of nitrogens with one attached hydrogen (secondary N) is 1. The molecule has 1 fully saturated rings. The van der Waals surface area contributed by atoms with Gasteiger partial charge in [0, 0.05) is 24.7 Å². The normalized spacial score (nSPS) is 17.7. The minimum absolute atomic E-state index is 0.0516. The van der Waals surface area contributed by atoms with Crippen LogP contribution in [0, 0.1) is 11.3 Å². The topological polar surface area (TPSA) is 95.3 Å². The largest absolute Gasteiger partial charge is 0.435 e. The number of nitriles is 1. The molecule has 1 unspecified atom stereocenters. The van der Waals surface area contributed by atoms with Crippen LogP contribution in [0.2, 0.25) is 0 Å². The molecule has 0 spiro atoms. The van der Waals surface area contributed by atoms with Gasteiger partial charge in [-0.25, -0.2) is 13.1 Å². The van der Waals surface area contributed by atoms with Crippen LogP contribution in [0.25, 0.3) is 10.9 Å². The molecule has 0 bridgehead atoms. The van der Waals surface area contributed by atoms with E-state index < -0.39 is 21.9 Å². The lowest BCUT2D eigenvalue weighted by molar-refractivity contribution is -0.0497. The van der Waals surface area contributed by atoms with Gasteiger partial charge in [0.25, 0.3) is 0 Å². The number of hydrogen-bond acceptors (Lipinski definition) is 6. The SMILES string of the molecule is CNS(=O)(=O)C1CCN(c2c(C#N)cnc3ccc(OC(F)F)cc23)C1. The lowest BCUT2D eigenvalue weighted by Gasteiger charge is -2.22. The molecule has 0 radical (unpaired) electrons. The molecule has 2 heterocycles. The van der Waals surface area contributed by atoms with Crippen LogP contribution < -0.4 is 14.4 Å². The van der Waals surface area contributed by atoms with Crippen LogP contribution in [0.4, 0.5) is 14.5 Å². The Morgan fingerprint density at radius 3 is 2.88 bits per heavy atom. The Labute approximate surface area is 149 Å². The molecule has 0 amide bonds. The number of halogens is 2. The third-order valence-electron chi connectivity index (χ3n) is 4.34. The number of benzene rings is 1. The second-order valence-corrected chi connectivity index (χ2v) is 7.96. The molecule has 0 aliphatic carbocycles. The van der Waals surface area contributed by atoms with Gasteiger partial charge in [-0.2, -0.15) is 14.0 Å². The number of aromatic nitrogens is 1. The maximum absolute atomic E-state index is 12.5. The molecule has 3 rings (SSSR count). The fourth-order valence-corrected chi connectivity index (χ4v) is 4.23. The first-order chi connectivity index (χ1) is 12.4. The number of nitrogens with zero attached hydrogens (tertiary/aromatic N) is 3. The van der Waals surface area contributed by atoms with Crippen molar-refractivity contribution in [2.75, 3.05) is 25.0 Å². The number of alkyl halides is 2. The highest BCUT2D eigenvalue weighted by molar-refractivity contribution is 7.90. The lowest BCUT2D eigenvalue weighted by Crippen LogP contribution is -2.34. The predicted octanol–water partition coefficient (Wildman–Crippen LogP) is 1.84. The number of fused-ring (bicyclic) bond motifs is 1. The Hall–Kier alpha value is -2.51. The highest BCUT2D eigenvalue weighted by Gasteiger charge is 2.34. The summed E-state index contributed by atoms with van der Waals surface area (Å²) in [6.07, 6.45) is 1.79. The average molecular weight is 382 g/mol. The van der Waals surface area contributed by atoms with Crippen LogP contribution in [0.5, 0.6) is 5.75 Å². The second kappa shape index (κ2) is 7.01. The van der Waals surface area contributed by atoms with E-state index in [1.807, 2.05) is 6.07 Å². The fourth-order valence-electron chi connectivity index (χ4n) is 3.11. The third kappa shape index (κ3) is 3.40. The number of pyridine rings is 1. The molecule has 1 aromatic heterocycles. The highest BCUT2D eigenvalue weighted by atomic mass is 32.2. The van der Waals surface area contributed by atoms with Crippen LogP contribution in [0.3, 0.4) is 0 Å². The summed E-state index contributed by atoms with van der Waals surface area (Å²) in [4.78, 5) is 5.94. The highest BCUT2D eigenvalue weighted by Crippen LogP contribution is 2.35. The zero-order valence-electron chi connectivity index (χ0n) is 13.8. The Balaban J connectivity index is 2.07. The van der Waals surface area contributed by atoms with E-state index in [2.05, 4.69) is 14.4 Å². The van der Waals surface area contributed by atoms with Gasteiger partial charge in [0.2, 0.25) is 10.0 Å². The standard InChI is InChI=1S/C16H16F2N4O3S/c1-20-26(23,24)12-4-5-22(9-12)15-10(7-19)8-21-14-3-2-11(6-13(14)15)25-16(17)18/h2-3,6,8,12,16,20H,4-5,9H2,1H3. The van der Waals surface area contributed by atoms with Crippen molar-refractivity contribution in [3.63, 3.8) is 0 Å². The zero-order valence-corrected chi connectivity index (χ0v) is 14.6. The van der Waals surface area contributed by atoms with E-state index in [1.165, 1.54) is 31.4 Å². The van der Waals surface area contributed by atoms with Crippen molar-refractivity contribution in [1.29, 1.82) is 5.26 Å². The number of ether oxygens (including phenoxy) is 1. The summed E-state index contributed by atoms with van der Waals surface area (Å²) in [6.45, 7) is -2.36. The second-order valence-electron chi connectivity index (χ2n) is 5.80. The third-order valence-corrected chi connectivity index (χ3v) is 6.17. The van der Waals surface area contributed by atoms with E-state index in [1.54, 1.807) is 4.90 Å². The minimum Gasteiger partial charge on any atom is -0.435 e. The molecular weight excluding hydrogens is 366 g/mol. The van der Waals surface area contributed by atoms with Gasteiger partial charge in [-0.05, 0) is 31.7 Å². The maximum Gasteiger partial charge on any atom is 0.387 e. The Morgan fingerprint density at radius 1 is 1.46 bits per heavy atom. The molecule has 1 atom stereocenters. The van der Waals surface area contributed by atoms with Crippen molar-refractivity contribution in [1.82, 2.24) is 9.71 Å². The summed E-state index contributed by atoms with van der Waals surface area (Å²) in [7, 11) is -2.09. The van der Waals surface area contributed by atoms with Crippen molar-refractivity contribution < 1.29 is 21.9 Å². The zero-order chi connectivity index (χ0) is 18.9. The van der Waals surface area contributed by atoms with Gasteiger partial charge in [0.15, 0.2) is 0 Å². The van der Waals surface area contributed by atoms with Gasteiger partial charge < -0.3 is 9.64 Å². The molecule has 10 heteroatoms. The summed E-state index contributed by atoms with van der Waals surface area (Å²) >= 11 is 0. The van der Waals surface area contributed by atoms with Crippen molar-refractivity contribution in [3.05, 3.63) is 30.0 Å². The number of hydrogen-bond donors (Lipinski definition) is 1. The lowest BCUT2D eigenvalue weighted by atomic mass is 10.1. The number of sulfonamides is 1. The summed E-state index contributed by atoms with van der Waals surface area (Å²) in [5.41, 5.74) is 1.22. The monoisotopic (exact) mass is 382 g/mol. The minimum atomic E-state index is -3.45. The molecule has 1 aromatic carbocycles. The number of anilines is 1. The molecule has 1 aliphatic heterocycles. The van der Waals surface area contributed by atoms with Gasteiger partial charge in [0.1, 0.15) is 11.8 Å². The van der Waals surface area contributed by atoms with E-state index in [0.29, 0.717) is 29.6 Å². The summed E-state index contributed by atoms with van der Waals surface area (Å²) in [6, 6.07) is 6.32. The van der Waals surface area contributed by atoms with Gasteiger partial charge in [0.05, 0.1) is 22.0 Å². The van der Waals surface area contributed by atoms with E-state index >= 15 is 0 Å². The Bertz CT molecular complexity index is 975. The molecule has 7 nitrogen and oxygen atoms in total. The first-order valence-electron chi connectivity index (χ1n) is 7.80. The van der Waals surface area contributed by atoms with Crippen LogP contribution in [0.1, 0.15) is 12.0 Å². The van der Waals surface area contributed by atoms with Gasteiger partial charge in [-0.1, -0.05) is 0 Å². The van der Waals surface area contributed by atoms with E-state index in [-0.39, 0.29) is 17.9 Å². The maximum atomic E-state index is 12.5. The molecular formula is C16H16F2N4O3S. The molecule has 1 aliphatic rings. The smallest absolute Gasteiger partial charge is 0.387 e. The van der Waals surface area contributed by atoms with E-state index in [4.69, 9.17) is 0 Å². The van der Waals surface area contributed by atoms with Crippen molar-refractivity contribution in [2.24, 2.45) is 0 Å². The molecule has 1 saturated heterocycles.